The summed E-state index contributed by atoms with van der Waals surface area (Å²) in [5.74, 6) is 0.195. The van der Waals surface area contributed by atoms with Crippen LogP contribution >= 0.6 is 0 Å². The molecule has 2 heterocycles. The van der Waals surface area contributed by atoms with Gasteiger partial charge in [0.25, 0.3) is 0 Å². The standard InChI is InChI=1S/C18H17FN4O2S/c19-15-10-13(6-7-17(15)23-8-3-9-26(23,24)25)11-20-18-14-4-1-2-5-16(14)21-12-22-18/h1-2,4-7,10,12H,3,8-9,11H2,(H,20,21,22). The van der Waals surface area contributed by atoms with Gasteiger partial charge in [-0.1, -0.05) is 18.2 Å². The molecular weight excluding hydrogens is 355 g/mol. The maximum Gasteiger partial charge on any atom is 0.235 e. The predicted octanol–water partition coefficient (Wildman–Crippen LogP) is 2.92. The van der Waals surface area contributed by atoms with Crippen molar-refractivity contribution in [2.45, 2.75) is 13.0 Å². The number of hydrogen-bond donors (Lipinski definition) is 1. The van der Waals surface area contributed by atoms with Crippen LogP contribution in [-0.2, 0) is 16.6 Å². The number of anilines is 2. The molecule has 0 unspecified atom stereocenters. The Morgan fingerprint density at radius 1 is 1.15 bits per heavy atom. The quantitative estimate of drug-likeness (QED) is 0.762. The summed E-state index contributed by atoms with van der Waals surface area (Å²) < 4.78 is 39.5. The first-order chi connectivity index (χ1) is 12.5. The van der Waals surface area contributed by atoms with Crippen molar-refractivity contribution in [3.05, 3.63) is 60.2 Å². The van der Waals surface area contributed by atoms with Crippen LogP contribution in [0, 0.1) is 5.82 Å². The molecule has 134 valence electrons. The van der Waals surface area contributed by atoms with Gasteiger partial charge in [-0.15, -0.1) is 0 Å². The average Bonchev–Trinajstić information content (AvgIpc) is 2.99. The molecule has 0 amide bonds. The highest BCUT2D eigenvalue weighted by Crippen LogP contribution is 2.28. The van der Waals surface area contributed by atoms with Crippen LogP contribution in [0.2, 0.25) is 0 Å². The molecule has 1 aliphatic heterocycles. The van der Waals surface area contributed by atoms with Gasteiger partial charge < -0.3 is 5.32 Å². The first kappa shape index (κ1) is 16.7. The van der Waals surface area contributed by atoms with Gasteiger partial charge in [0.2, 0.25) is 10.0 Å². The van der Waals surface area contributed by atoms with E-state index in [4.69, 9.17) is 0 Å². The normalized spacial score (nSPS) is 16.1. The highest BCUT2D eigenvalue weighted by Gasteiger charge is 2.30. The van der Waals surface area contributed by atoms with E-state index in [1.165, 1.54) is 18.5 Å². The van der Waals surface area contributed by atoms with Crippen molar-refractivity contribution < 1.29 is 12.8 Å². The molecule has 1 saturated heterocycles. The molecule has 2 aromatic carbocycles. The maximum atomic E-state index is 14.5. The Balaban J connectivity index is 1.55. The van der Waals surface area contributed by atoms with Crippen LogP contribution in [0.15, 0.2) is 48.8 Å². The monoisotopic (exact) mass is 372 g/mol. The Morgan fingerprint density at radius 3 is 2.77 bits per heavy atom. The van der Waals surface area contributed by atoms with E-state index < -0.39 is 15.8 Å². The number of para-hydroxylation sites is 1. The first-order valence-corrected chi connectivity index (χ1v) is 9.88. The number of halogens is 1. The minimum atomic E-state index is -3.39. The maximum absolute atomic E-state index is 14.5. The highest BCUT2D eigenvalue weighted by molar-refractivity contribution is 7.93. The summed E-state index contributed by atoms with van der Waals surface area (Å²) in [7, 11) is -3.39. The lowest BCUT2D eigenvalue weighted by molar-refractivity contribution is 0.594. The lowest BCUT2D eigenvalue weighted by Gasteiger charge is -2.18. The molecule has 0 spiro atoms. The largest absolute Gasteiger partial charge is 0.365 e. The van der Waals surface area contributed by atoms with Gasteiger partial charge in [0.15, 0.2) is 0 Å². The van der Waals surface area contributed by atoms with E-state index in [1.807, 2.05) is 24.3 Å². The molecule has 1 aliphatic rings. The SMILES string of the molecule is O=S1(=O)CCCN1c1ccc(CNc2ncnc3ccccc23)cc1F. The van der Waals surface area contributed by atoms with E-state index in [2.05, 4.69) is 15.3 Å². The Morgan fingerprint density at radius 2 is 2.00 bits per heavy atom. The highest BCUT2D eigenvalue weighted by atomic mass is 32.2. The van der Waals surface area contributed by atoms with Crippen molar-refractivity contribution in [3.8, 4) is 0 Å². The second-order valence-corrected chi connectivity index (χ2v) is 8.13. The molecule has 1 aromatic heterocycles. The molecular formula is C18H17FN4O2S. The summed E-state index contributed by atoms with van der Waals surface area (Å²) in [6.07, 6.45) is 2.00. The molecule has 26 heavy (non-hydrogen) atoms. The van der Waals surface area contributed by atoms with Crippen LogP contribution in [0.25, 0.3) is 10.9 Å². The summed E-state index contributed by atoms with van der Waals surface area (Å²) >= 11 is 0. The topological polar surface area (TPSA) is 75.2 Å². The molecule has 0 radical (unpaired) electrons. The molecule has 0 atom stereocenters. The van der Waals surface area contributed by atoms with E-state index in [1.54, 1.807) is 6.07 Å². The van der Waals surface area contributed by atoms with Crippen molar-refractivity contribution in [2.24, 2.45) is 0 Å². The molecule has 8 heteroatoms. The molecule has 6 nitrogen and oxygen atoms in total. The zero-order valence-corrected chi connectivity index (χ0v) is 14.7. The molecule has 3 aromatic rings. The van der Waals surface area contributed by atoms with E-state index in [9.17, 15) is 12.8 Å². The molecule has 0 saturated carbocycles. The zero-order valence-electron chi connectivity index (χ0n) is 13.9. The van der Waals surface area contributed by atoms with Crippen LogP contribution in [0.1, 0.15) is 12.0 Å². The van der Waals surface area contributed by atoms with Gasteiger partial charge in [-0.05, 0) is 36.2 Å². The summed E-state index contributed by atoms with van der Waals surface area (Å²) in [5.41, 5.74) is 1.63. The fraction of sp³-hybridized carbons (Fsp3) is 0.222. The summed E-state index contributed by atoms with van der Waals surface area (Å²) in [5, 5.41) is 4.07. The zero-order chi connectivity index (χ0) is 18.1. The number of nitrogens with one attached hydrogen (secondary N) is 1. The summed E-state index contributed by atoms with van der Waals surface area (Å²) in [6.45, 7) is 0.689. The van der Waals surface area contributed by atoms with E-state index in [0.29, 0.717) is 30.9 Å². The Kier molecular flexibility index (Phi) is 4.20. The fourth-order valence-electron chi connectivity index (χ4n) is 3.10. The van der Waals surface area contributed by atoms with Crippen molar-refractivity contribution in [3.63, 3.8) is 0 Å². The Bertz CT molecular complexity index is 1070. The van der Waals surface area contributed by atoms with Crippen molar-refractivity contribution >= 4 is 32.4 Å². The van der Waals surface area contributed by atoms with E-state index in [-0.39, 0.29) is 11.4 Å². The van der Waals surface area contributed by atoms with Gasteiger partial charge >= 0.3 is 0 Å². The van der Waals surface area contributed by atoms with Crippen molar-refractivity contribution in [1.29, 1.82) is 0 Å². The smallest absolute Gasteiger partial charge is 0.235 e. The number of hydrogen-bond acceptors (Lipinski definition) is 5. The number of rotatable bonds is 4. The summed E-state index contributed by atoms with van der Waals surface area (Å²) in [6, 6.07) is 12.2. The third-order valence-corrected chi connectivity index (χ3v) is 6.24. The van der Waals surface area contributed by atoms with Gasteiger partial charge in [0.1, 0.15) is 18.0 Å². The number of fused-ring (bicyclic) bond motifs is 1. The number of nitrogens with zero attached hydrogens (tertiary/aromatic N) is 3. The molecule has 0 aliphatic carbocycles. The van der Waals surface area contributed by atoms with Gasteiger partial charge in [-0.2, -0.15) is 0 Å². The minimum absolute atomic E-state index is 0.0660. The third-order valence-electron chi connectivity index (χ3n) is 4.38. The van der Waals surface area contributed by atoms with Gasteiger partial charge in [-0.3, -0.25) is 4.31 Å². The van der Waals surface area contributed by atoms with Crippen LogP contribution in [0.3, 0.4) is 0 Å². The van der Waals surface area contributed by atoms with E-state index in [0.717, 1.165) is 15.2 Å². The van der Waals surface area contributed by atoms with Crippen molar-refractivity contribution in [2.75, 3.05) is 21.9 Å². The van der Waals surface area contributed by atoms with Crippen LogP contribution < -0.4 is 9.62 Å². The number of benzene rings is 2. The molecule has 1 N–H and O–H groups in total. The average molecular weight is 372 g/mol. The van der Waals surface area contributed by atoms with Crippen LogP contribution in [0.5, 0.6) is 0 Å². The minimum Gasteiger partial charge on any atom is -0.365 e. The van der Waals surface area contributed by atoms with Gasteiger partial charge in [0.05, 0.1) is 17.0 Å². The number of aromatic nitrogens is 2. The first-order valence-electron chi connectivity index (χ1n) is 8.27. The summed E-state index contributed by atoms with van der Waals surface area (Å²) in [4.78, 5) is 8.45. The Labute approximate surface area is 150 Å². The van der Waals surface area contributed by atoms with Crippen LogP contribution in [0.4, 0.5) is 15.9 Å². The van der Waals surface area contributed by atoms with Crippen molar-refractivity contribution in [1.82, 2.24) is 9.97 Å². The third kappa shape index (κ3) is 3.08. The lowest BCUT2D eigenvalue weighted by atomic mass is 10.2. The predicted molar refractivity (Wildman–Crippen MR) is 99.0 cm³/mol. The van der Waals surface area contributed by atoms with Gasteiger partial charge in [-0.25, -0.2) is 22.8 Å². The van der Waals surface area contributed by atoms with Crippen LogP contribution in [-0.4, -0.2) is 30.7 Å². The second kappa shape index (κ2) is 6.53. The number of sulfonamides is 1. The fourth-order valence-corrected chi connectivity index (χ4v) is 4.67. The molecule has 0 bridgehead atoms. The lowest BCUT2D eigenvalue weighted by Crippen LogP contribution is -2.26. The Hall–Kier alpha value is -2.74. The van der Waals surface area contributed by atoms with E-state index >= 15 is 0 Å². The molecule has 4 rings (SSSR count). The second-order valence-electron chi connectivity index (χ2n) is 6.12. The molecule has 1 fully saturated rings. The van der Waals surface area contributed by atoms with Gasteiger partial charge in [0, 0.05) is 18.5 Å².